The summed E-state index contributed by atoms with van der Waals surface area (Å²) in [6.45, 7) is 0.403. The van der Waals surface area contributed by atoms with E-state index in [0.717, 1.165) is 11.1 Å². The first-order chi connectivity index (χ1) is 14.7. The summed E-state index contributed by atoms with van der Waals surface area (Å²) in [5, 5.41) is 9.84. The van der Waals surface area contributed by atoms with Gasteiger partial charge in [-0.05, 0) is 41.5 Å². The van der Waals surface area contributed by atoms with Gasteiger partial charge in [-0.1, -0.05) is 48.5 Å². The zero-order valence-corrected chi connectivity index (χ0v) is 16.5. The lowest BCUT2D eigenvalue weighted by Gasteiger charge is -2.29. The molecule has 0 aliphatic carbocycles. The molecule has 1 amide bonds. The minimum absolute atomic E-state index is 0.229. The van der Waals surface area contributed by atoms with Gasteiger partial charge in [0.15, 0.2) is 11.5 Å². The van der Waals surface area contributed by atoms with Crippen LogP contribution >= 0.6 is 0 Å². The van der Waals surface area contributed by atoms with Gasteiger partial charge in [0.2, 0.25) is 0 Å². The number of hydrogen-bond acceptors (Lipinski definition) is 4. The van der Waals surface area contributed by atoms with Crippen LogP contribution in [0, 0.1) is 11.3 Å². The number of amides is 1. The Bertz CT molecular complexity index is 1120. The summed E-state index contributed by atoms with van der Waals surface area (Å²) in [6, 6.07) is 23.9. The van der Waals surface area contributed by atoms with Crippen LogP contribution in [0.3, 0.4) is 0 Å². The highest BCUT2D eigenvalue weighted by Gasteiger charge is 2.30. The predicted molar refractivity (Wildman–Crippen MR) is 114 cm³/mol. The van der Waals surface area contributed by atoms with Gasteiger partial charge >= 0.3 is 0 Å². The molecule has 5 heteroatoms. The minimum Gasteiger partial charge on any atom is -0.493 e. The van der Waals surface area contributed by atoms with Crippen molar-refractivity contribution in [3.05, 3.63) is 101 Å². The van der Waals surface area contributed by atoms with Crippen LogP contribution in [0.5, 0.6) is 11.5 Å². The molecule has 0 bridgehead atoms. The number of carbonyl (C=O) groups excluding carboxylic acids is 1. The minimum atomic E-state index is -0.755. The molecular weight excluding hydrogens is 376 g/mol. The van der Waals surface area contributed by atoms with Gasteiger partial charge in [-0.15, -0.1) is 0 Å². The summed E-state index contributed by atoms with van der Waals surface area (Å²) in [4.78, 5) is 14.4. The predicted octanol–water partition coefficient (Wildman–Crippen LogP) is 4.97. The van der Waals surface area contributed by atoms with Gasteiger partial charge in [-0.2, -0.15) is 5.26 Å². The van der Waals surface area contributed by atoms with E-state index in [1.165, 1.54) is 4.90 Å². The maximum Gasteiger partial charge on any atom is 0.259 e. The summed E-state index contributed by atoms with van der Waals surface area (Å²) >= 11 is 0. The number of ether oxygens (including phenoxy) is 2. The van der Waals surface area contributed by atoms with E-state index in [-0.39, 0.29) is 5.91 Å². The van der Waals surface area contributed by atoms with Crippen molar-refractivity contribution in [2.75, 3.05) is 7.11 Å². The third kappa shape index (κ3) is 3.76. The van der Waals surface area contributed by atoms with E-state index < -0.39 is 6.04 Å². The molecule has 0 spiro atoms. The van der Waals surface area contributed by atoms with Gasteiger partial charge < -0.3 is 9.47 Å². The highest BCUT2D eigenvalue weighted by Crippen LogP contribution is 2.39. The van der Waals surface area contributed by atoms with E-state index in [0.29, 0.717) is 29.2 Å². The average Bonchev–Trinajstić information content (AvgIpc) is 2.82. The second kappa shape index (κ2) is 8.54. The molecule has 0 fully saturated rings. The Kier molecular flexibility index (Phi) is 5.49. The van der Waals surface area contributed by atoms with Crippen LogP contribution < -0.4 is 9.47 Å². The van der Waals surface area contributed by atoms with Crippen molar-refractivity contribution in [2.45, 2.75) is 12.6 Å². The van der Waals surface area contributed by atoms with Crippen molar-refractivity contribution in [1.82, 2.24) is 4.90 Å². The lowest BCUT2D eigenvalue weighted by molar-refractivity contribution is 0.0794. The largest absolute Gasteiger partial charge is 0.493 e. The molecule has 1 aliphatic rings. The molecule has 0 radical (unpaired) electrons. The molecule has 1 aliphatic heterocycles. The van der Waals surface area contributed by atoms with E-state index in [2.05, 4.69) is 6.07 Å². The van der Waals surface area contributed by atoms with E-state index in [4.69, 9.17) is 9.47 Å². The highest BCUT2D eigenvalue weighted by atomic mass is 16.5. The fourth-order valence-electron chi connectivity index (χ4n) is 3.42. The second-order valence-electron chi connectivity index (χ2n) is 6.83. The molecule has 5 nitrogen and oxygen atoms in total. The topological polar surface area (TPSA) is 62.6 Å². The first-order valence-corrected chi connectivity index (χ1v) is 9.55. The number of nitrogens with zero attached hydrogens (tertiary/aromatic N) is 2. The van der Waals surface area contributed by atoms with Crippen LogP contribution in [0.2, 0.25) is 0 Å². The first kappa shape index (κ1) is 19.3. The third-order valence-electron chi connectivity index (χ3n) is 4.97. The molecule has 0 saturated carbocycles. The molecular formula is C25H20N2O3. The Morgan fingerprint density at radius 1 is 1.03 bits per heavy atom. The van der Waals surface area contributed by atoms with E-state index in [1.807, 2.05) is 48.5 Å². The molecule has 0 saturated heterocycles. The zero-order chi connectivity index (χ0) is 20.9. The van der Waals surface area contributed by atoms with E-state index in [1.54, 1.807) is 43.6 Å². The van der Waals surface area contributed by atoms with Crippen LogP contribution in [0.15, 0.2) is 79.0 Å². The zero-order valence-electron chi connectivity index (χ0n) is 16.5. The maximum atomic E-state index is 12.9. The molecule has 0 aromatic heterocycles. The van der Waals surface area contributed by atoms with E-state index in [9.17, 15) is 10.1 Å². The van der Waals surface area contributed by atoms with Gasteiger partial charge in [-0.3, -0.25) is 9.69 Å². The number of fused-ring (bicyclic) bond motifs is 1. The van der Waals surface area contributed by atoms with Gasteiger partial charge in [0, 0.05) is 17.3 Å². The van der Waals surface area contributed by atoms with Gasteiger partial charge in [0.1, 0.15) is 12.6 Å². The normalized spacial score (nSPS) is 14.5. The summed E-state index contributed by atoms with van der Waals surface area (Å²) in [5.41, 5.74) is 3.10. The van der Waals surface area contributed by atoms with Gasteiger partial charge in [0.25, 0.3) is 5.91 Å². The number of methoxy groups -OCH3 is 1. The monoisotopic (exact) mass is 396 g/mol. The Hall–Kier alpha value is -4.04. The number of carbonyl (C=O) groups is 1. The molecule has 3 aromatic carbocycles. The SMILES string of the molecule is COc1cc2c(cc1OCc1ccccc1)C=CN(C(=O)c1ccccc1)C2C#N. The van der Waals surface area contributed by atoms with Crippen LogP contribution in [0.1, 0.15) is 33.1 Å². The average molecular weight is 396 g/mol. The van der Waals surface area contributed by atoms with E-state index >= 15 is 0 Å². The van der Waals surface area contributed by atoms with Gasteiger partial charge in [-0.25, -0.2) is 0 Å². The quantitative estimate of drug-likeness (QED) is 0.611. The molecule has 148 valence electrons. The second-order valence-corrected chi connectivity index (χ2v) is 6.83. The van der Waals surface area contributed by atoms with Crippen LogP contribution in [-0.2, 0) is 6.61 Å². The summed E-state index contributed by atoms with van der Waals surface area (Å²) in [6.07, 6.45) is 3.47. The third-order valence-corrected chi connectivity index (χ3v) is 4.97. The maximum absolute atomic E-state index is 12.9. The Morgan fingerprint density at radius 2 is 1.73 bits per heavy atom. The lowest BCUT2D eigenvalue weighted by atomic mass is 9.95. The number of benzene rings is 3. The number of nitriles is 1. The van der Waals surface area contributed by atoms with Crippen molar-refractivity contribution >= 4 is 12.0 Å². The summed E-state index contributed by atoms with van der Waals surface area (Å²) < 4.78 is 11.5. The standard InChI is InChI=1S/C25H20N2O3/c1-29-23-15-21-20(14-24(23)30-17-18-8-4-2-5-9-18)12-13-27(22(21)16-26)25(28)19-10-6-3-7-11-19/h2-15,22H,17H2,1H3. The molecule has 4 rings (SSSR count). The molecule has 30 heavy (non-hydrogen) atoms. The molecule has 3 aromatic rings. The summed E-state index contributed by atoms with van der Waals surface area (Å²) in [7, 11) is 1.56. The smallest absolute Gasteiger partial charge is 0.259 e. The Balaban J connectivity index is 1.64. The number of rotatable bonds is 5. The highest BCUT2D eigenvalue weighted by molar-refractivity contribution is 5.96. The molecule has 1 atom stereocenters. The fraction of sp³-hybridized carbons (Fsp3) is 0.120. The Morgan fingerprint density at radius 3 is 2.40 bits per heavy atom. The fourth-order valence-corrected chi connectivity index (χ4v) is 3.42. The van der Waals surface area contributed by atoms with Crippen molar-refractivity contribution < 1.29 is 14.3 Å². The summed E-state index contributed by atoms with van der Waals surface area (Å²) in [5.74, 6) is 0.879. The van der Waals surface area contributed by atoms with Crippen molar-refractivity contribution in [3.63, 3.8) is 0 Å². The van der Waals surface area contributed by atoms with Gasteiger partial charge in [0.05, 0.1) is 13.2 Å². The van der Waals surface area contributed by atoms with Crippen molar-refractivity contribution in [1.29, 1.82) is 5.26 Å². The van der Waals surface area contributed by atoms with Crippen molar-refractivity contribution in [2.24, 2.45) is 0 Å². The molecule has 0 N–H and O–H groups in total. The van der Waals surface area contributed by atoms with Crippen LogP contribution in [-0.4, -0.2) is 17.9 Å². The first-order valence-electron chi connectivity index (χ1n) is 9.55. The number of hydrogen-bond donors (Lipinski definition) is 0. The van der Waals surface area contributed by atoms with Crippen LogP contribution in [0.25, 0.3) is 6.08 Å². The van der Waals surface area contributed by atoms with Crippen molar-refractivity contribution in [3.8, 4) is 17.6 Å². The van der Waals surface area contributed by atoms with Crippen LogP contribution in [0.4, 0.5) is 0 Å². The molecule has 1 unspecified atom stereocenters. The Labute approximate surface area is 175 Å². The molecule has 1 heterocycles. The lowest BCUT2D eigenvalue weighted by Crippen LogP contribution is -2.31.